The minimum atomic E-state index is 0.351. The van der Waals surface area contributed by atoms with Gasteiger partial charge in [-0.1, -0.05) is 6.07 Å². The number of nitrogens with zero attached hydrogens (tertiary/aromatic N) is 1. The van der Waals surface area contributed by atoms with E-state index in [1.54, 1.807) is 11.3 Å². The monoisotopic (exact) mass is 223 g/mol. The first-order chi connectivity index (χ1) is 7.36. The van der Waals surface area contributed by atoms with Crippen LogP contribution in [0.2, 0.25) is 0 Å². The molecular formula is C12H17NOS. The van der Waals surface area contributed by atoms with E-state index in [1.165, 1.54) is 17.7 Å². The molecule has 0 spiro atoms. The molecule has 0 atom stereocenters. The van der Waals surface area contributed by atoms with Gasteiger partial charge in [0.25, 0.3) is 0 Å². The Morgan fingerprint density at radius 3 is 2.87 bits per heavy atom. The molecule has 82 valence electrons. The molecule has 3 heteroatoms. The molecule has 0 saturated carbocycles. The third-order valence-corrected chi connectivity index (χ3v) is 3.79. The van der Waals surface area contributed by atoms with Crippen molar-refractivity contribution in [2.24, 2.45) is 0 Å². The molecular weight excluding hydrogens is 206 g/mol. The quantitative estimate of drug-likeness (QED) is 0.768. The normalized spacial score (nSPS) is 15.9. The summed E-state index contributed by atoms with van der Waals surface area (Å²) in [5.74, 6) is 0.351. The smallest absolute Gasteiger partial charge is 0.222 e. The van der Waals surface area contributed by atoms with Crippen molar-refractivity contribution in [1.82, 2.24) is 4.90 Å². The van der Waals surface area contributed by atoms with Crippen molar-refractivity contribution in [3.63, 3.8) is 0 Å². The highest BCUT2D eigenvalue weighted by atomic mass is 32.1. The highest BCUT2D eigenvalue weighted by Crippen LogP contribution is 2.14. The minimum absolute atomic E-state index is 0.351. The summed E-state index contributed by atoms with van der Waals surface area (Å²) < 4.78 is 0. The number of amides is 1. The Hall–Kier alpha value is -0.830. The third kappa shape index (κ3) is 3.06. The van der Waals surface area contributed by atoms with Gasteiger partial charge >= 0.3 is 0 Å². The molecule has 1 fully saturated rings. The van der Waals surface area contributed by atoms with Gasteiger partial charge < -0.3 is 4.90 Å². The fourth-order valence-corrected chi connectivity index (χ4v) is 2.74. The summed E-state index contributed by atoms with van der Waals surface area (Å²) in [6.45, 7) is 1.97. The maximum absolute atomic E-state index is 11.7. The average molecular weight is 223 g/mol. The number of hydrogen-bond acceptors (Lipinski definition) is 2. The average Bonchev–Trinajstić information content (AvgIpc) is 2.90. The second-order valence-electron chi connectivity index (χ2n) is 4.02. The van der Waals surface area contributed by atoms with Crippen LogP contribution in [0.4, 0.5) is 0 Å². The Morgan fingerprint density at radius 1 is 1.40 bits per heavy atom. The van der Waals surface area contributed by atoms with Gasteiger partial charge in [0, 0.05) is 24.4 Å². The van der Waals surface area contributed by atoms with Crippen molar-refractivity contribution >= 4 is 17.2 Å². The topological polar surface area (TPSA) is 20.3 Å². The molecule has 1 aromatic rings. The van der Waals surface area contributed by atoms with Gasteiger partial charge in [-0.25, -0.2) is 0 Å². The molecule has 0 bridgehead atoms. The number of carbonyl (C=O) groups excluding carboxylic acids is 1. The zero-order valence-corrected chi connectivity index (χ0v) is 9.76. The predicted octanol–water partition coefficient (Wildman–Crippen LogP) is 2.69. The summed E-state index contributed by atoms with van der Waals surface area (Å²) in [4.78, 5) is 15.1. The first-order valence-electron chi connectivity index (χ1n) is 5.66. The molecule has 1 aliphatic rings. The van der Waals surface area contributed by atoms with Crippen LogP contribution in [-0.2, 0) is 11.2 Å². The van der Waals surface area contributed by atoms with E-state index < -0.39 is 0 Å². The number of likely N-dealkylation sites (tertiary alicyclic amines) is 1. The fourth-order valence-electron chi connectivity index (χ4n) is 1.99. The number of rotatable bonds is 4. The third-order valence-electron chi connectivity index (χ3n) is 2.85. The summed E-state index contributed by atoms with van der Waals surface area (Å²) in [5, 5.41) is 2.09. The zero-order chi connectivity index (χ0) is 10.5. The van der Waals surface area contributed by atoms with Gasteiger partial charge in [0.15, 0.2) is 0 Å². The molecule has 0 radical (unpaired) electrons. The van der Waals surface area contributed by atoms with E-state index >= 15 is 0 Å². The maximum Gasteiger partial charge on any atom is 0.222 e. The number of hydrogen-bond donors (Lipinski definition) is 0. The van der Waals surface area contributed by atoms with E-state index in [9.17, 15) is 4.79 Å². The van der Waals surface area contributed by atoms with E-state index in [4.69, 9.17) is 0 Å². The van der Waals surface area contributed by atoms with E-state index in [-0.39, 0.29) is 0 Å². The Balaban J connectivity index is 1.67. The Labute approximate surface area is 94.9 Å². The van der Waals surface area contributed by atoms with Crippen LogP contribution >= 0.6 is 11.3 Å². The van der Waals surface area contributed by atoms with E-state index in [0.717, 1.165) is 32.4 Å². The molecule has 0 N–H and O–H groups in total. The first-order valence-corrected chi connectivity index (χ1v) is 6.54. The fraction of sp³-hybridized carbons (Fsp3) is 0.583. The summed E-state index contributed by atoms with van der Waals surface area (Å²) in [7, 11) is 0. The van der Waals surface area contributed by atoms with Crippen molar-refractivity contribution in [1.29, 1.82) is 0 Å². The molecule has 0 aromatic carbocycles. The van der Waals surface area contributed by atoms with Crippen LogP contribution in [0.15, 0.2) is 17.5 Å². The van der Waals surface area contributed by atoms with Crippen molar-refractivity contribution < 1.29 is 4.79 Å². The maximum atomic E-state index is 11.7. The largest absolute Gasteiger partial charge is 0.343 e. The van der Waals surface area contributed by atoms with E-state index in [0.29, 0.717) is 5.91 Å². The van der Waals surface area contributed by atoms with Gasteiger partial charge in [-0.2, -0.15) is 0 Å². The SMILES string of the molecule is O=C(CCCc1cccs1)N1CCCC1. The molecule has 0 unspecified atom stereocenters. The van der Waals surface area contributed by atoms with Gasteiger partial charge in [0.1, 0.15) is 0 Å². The van der Waals surface area contributed by atoms with Gasteiger partial charge in [-0.05, 0) is 37.1 Å². The lowest BCUT2D eigenvalue weighted by molar-refractivity contribution is -0.130. The highest BCUT2D eigenvalue weighted by molar-refractivity contribution is 7.09. The molecule has 1 saturated heterocycles. The van der Waals surface area contributed by atoms with Gasteiger partial charge in [0.2, 0.25) is 5.91 Å². The van der Waals surface area contributed by atoms with E-state index in [2.05, 4.69) is 17.5 Å². The Kier molecular flexibility index (Phi) is 3.78. The molecule has 1 amide bonds. The lowest BCUT2D eigenvalue weighted by atomic mass is 10.2. The summed E-state index contributed by atoms with van der Waals surface area (Å²) in [6.07, 6.45) is 5.15. The lowest BCUT2D eigenvalue weighted by Crippen LogP contribution is -2.27. The van der Waals surface area contributed by atoms with Crippen LogP contribution in [0.5, 0.6) is 0 Å². The highest BCUT2D eigenvalue weighted by Gasteiger charge is 2.16. The standard InChI is InChI=1S/C12H17NOS/c14-12(13-8-1-2-9-13)7-3-5-11-6-4-10-15-11/h4,6,10H,1-3,5,7-9H2. The molecule has 2 heterocycles. The van der Waals surface area contributed by atoms with Crippen molar-refractivity contribution in [2.75, 3.05) is 13.1 Å². The number of aryl methyl sites for hydroxylation is 1. The summed E-state index contributed by atoms with van der Waals surface area (Å²) >= 11 is 1.78. The van der Waals surface area contributed by atoms with Crippen LogP contribution in [0.25, 0.3) is 0 Å². The number of carbonyl (C=O) groups is 1. The van der Waals surface area contributed by atoms with Gasteiger partial charge in [0.05, 0.1) is 0 Å². The molecule has 2 rings (SSSR count). The van der Waals surface area contributed by atoms with Crippen LogP contribution in [0.1, 0.15) is 30.6 Å². The van der Waals surface area contributed by atoms with Crippen LogP contribution in [0, 0.1) is 0 Å². The van der Waals surface area contributed by atoms with Crippen molar-refractivity contribution in [2.45, 2.75) is 32.1 Å². The second-order valence-corrected chi connectivity index (χ2v) is 5.05. The van der Waals surface area contributed by atoms with Crippen LogP contribution < -0.4 is 0 Å². The summed E-state index contributed by atoms with van der Waals surface area (Å²) in [5.41, 5.74) is 0. The Morgan fingerprint density at radius 2 is 2.20 bits per heavy atom. The molecule has 2 nitrogen and oxygen atoms in total. The summed E-state index contributed by atoms with van der Waals surface area (Å²) in [6, 6.07) is 4.22. The Bertz CT molecular complexity index is 301. The van der Waals surface area contributed by atoms with Gasteiger partial charge in [-0.3, -0.25) is 4.79 Å². The molecule has 15 heavy (non-hydrogen) atoms. The number of thiophene rings is 1. The minimum Gasteiger partial charge on any atom is -0.343 e. The van der Waals surface area contributed by atoms with Crippen molar-refractivity contribution in [3.8, 4) is 0 Å². The van der Waals surface area contributed by atoms with Crippen LogP contribution in [-0.4, -0.2) is 23.9 Å². The van der Waals surface area contributed by atoms with Gasteiger partial charge in [-0.15, -0.1) is 11.3 Å². The molecule has 0 aliphatic carbocycles. The van der Waals surface area contributed by atoms with E-state index in [1.807, 2.05) is 4.90 Å². The predicted molar refractivity (Wildman–Crippen MR) is 63.1 cm³/mol. The molecule has 1 aromatic heterocycles. The van der Waals surface area contributed by atoms with Crippen LogP contribution in [0.3, 0.4) is 0 Å². The van der Waals surface area contributed by atoms with Crippen molar-refractivity contribution in [3.05, 3.63) is 22.4 Å². The first kappa shape index (κ1) is 10.7. The lowest BCUT2D eigenvalue weighted by Gasteiger charge is -2.14. The molecule has 1 aliphatic heterocycles. The zero-order valence-electron chi connectivity index (χ0n) is 8.95. The second kappa shape index (κ2) is 5.31.